The molecule has 0 spiro atoms. The molecule has 1 N–H and O–H groups in total. The Hall–Kier alpha value is -2.96. The number of benzene rings is 2. The predicted molar refractivity (Wildman–Crippen MR) is 102 cm³/mol. The number of hydrogen-bond acceptors (Lipinski definition) is 3. The quantitative estimate of drug-likeness (QED) is 0.830. The van der Waals surface area contributed by atoms with Gasteiger partial charge < -0.3 is 14.7 Å². The Morgan fingerprint density at radius 1 is 1.10 bits per heavy atom. The van der Waals surface area contributed by atoms with Crippen LogP contribution in [-0.2, 0) is 9.53 Å². The van der Waals surface area contributed by atoms with Crippen LogP contribution in [0.15, 0.2) is 48.5 Å². The number of rotatable bonds is 3. The van der Waals surface area contributed by atoms with Gasteiger partial charge in [0.15, 0.2) is 0 Å². The number of aliphatic carboxylic acids is 1. The van der Waals surface area contributed by atoms with Gasteiger partial charge in [0.2, 0.25) is 0 Å². The fourth-order valence-corrected chi connectivity index (χ4v) is 4.14. The molecule has 7 heteroatoms. The largest absolute Gasteiger partial charge is 0.481 e. The summed E-state index contributed by atoms with van der Waals surface area (Å²) in [6, 6.07) is 15.7. The molecule has 1 fully saturated rings. The average molecular weight is 401 g/mol. The van der Waals surface area contributed by atoms with Crippen molar-refractivity contribution in [1.29, 1.82) is 0 Å². The number of piperidine rings is 1. The van der Waals surface area contributed by atoms with E-state index in [-0.39, 0.29) is 25.5 Å². The SMILES string of the molecule is CC1(C(=O)O)CCN(C(=O)OCC2c3ccccc3-c3ccccc32)CC1(F)F. The van der Waals surface area contributed by atoms with Crippen LogP contribution in [0.3, 0.4) is 0 Å². The van der Waals surface area contributed by atoms with Crippen LogP contribution in [0, 0.1) is 5.41 Å². The van der Waals surface area contributed by atoms with Gasteiger partial charge in [-0.2, -0.15) is 0 Å². The van der Waals surface area contributed by atoms with Crippen molar-refractivity contribution in [3.63, 3.8) is 0 Å². The highest BCUT2D eigenvalue weighted by atomic mass is 19.3. The molecule has 1 amide bonds. The van der Waals surface area contributed by atoms with Crippen LogP contribution >= 0.6 is 0 Å². The summed E-state index contributed by atoms with van der Waals surface area (Å²) < 4.78 is 34.2. The average Bonchev–Trinajstić information content (AvgIpc) is 3.02. The van der Waals surface area contributed by atoms with E-state index in [0.717, 1.165) is 34.1 Å². The Balaban J connectivity index is 1.48. The number of ether oxygens (including phenoxy) is 1. The summed E-state index contributed by atoms with van der Waals surface area (Å²) in [5.74, 6) is -5.27. The number of halogens is 2. The van der Waals surface area contributed by atoms with Gasteiger partial charge in [-0.05, 0) is 35.6 Å². The summed E-state index contributed by atoms with van der Waals surface area (Å²) in [6.45, 7) is -0.00291. The zero-order valence-electron chi connectivity index (χ0n) is 15.9. The number of alkyl halides is 2. The lowest BCUT2D eigenvalue weighted by Gasteiger charge is -2.42. The smallest absolute Gasteiger partial charge is 0.409 e. The van der Waals surface area contributed by atoms with Gasteiger partial charge in [-0.3, -0.25) is 4.79 Å². The minimum atomic E-state index is -3.54. The maximum Gasteiger partial charge on any atom is 0.409 e. The second-order valence-corrected chi connectivity index (χ2v) is 7.82. The number of carboxylic acids is 1. The van der Waals surface area contributed by atoms with Crippen molar-refractivity contribution in [2.24, 2.45) is 5.41 Å². The topological polar surface area (TPSA) is 66.8 Å². The first-order valence-electron chi connectivity index (χ1n) is 9.46. The monoisotopic (exact) mass is 401 g/mol. The fraction of sp³-hybridized carbons (Fsp3) is 0.364. The molecule has 152 valence electrons. The molecule has 0 saturated carbocycles. The summed E-state index contributed by atoms with van der Waals surface area (Å²) in [7, 11) is 0. The van der Waals surface area contributed by atoms with E-state index in [0.29, 0.717) is 0 Å². The van der Waals surface area contributed by atoms with Gasteiger partial charge in [0, 0.05) is 12.5 Å². The molecule has 0 bridgehead atoms. The van der Waals surface area contributed by atoms with Gasteiger partial charge in [-0.15, -0.1) is 0 Å². The molecule has 1 atom stereocenters. The van der Waals surface area contributed by atoms with E-state index >= 15 is 0 Å². The number of carbonyl (C=O) groups is 2. The van der Waals surface area contributed by atoms with Crippen molar-refractivity contribution < 1.29 is 28.2 Å². The second-order valence-electron chi connectivity index (χ2n) is 7.82. The lowest BCUT2D eigenvalue weighted by molar-refractivity contribution is -0.191. The van der Waals surface area contributed by atoms with E-state index in [1.54, 1.807) is 0 Å². The summed E-state index contributed by atoms with van der Waals surface area (Å²) >= 11 is 0. The molecule has 1 aliphatic carbocycles. The first-order valence-corrected chi connectivity index (χ1v) is 9.46. The molecular formula is C22H21F2NO4. The molecule has 1 aliphatic heterocycles. The molecule has 2 aromatic rings. The third-order valence-electron chi connectivity index (χ3n) is 6.14. The zero-order valence-corrected chi connectivity index (χ0v) is 15.9. The van der Waals surface area contributed by atoms with Crippen molar-refractivity contribution in [3.8, 4) is 11.1 Å². The van der Waals surface area contributed by atoms with E-state index in [1.807, 2.05) is 48.5 Å². The van der Waals surface area contributed by atoms with Gasteiger partial charge in [0.05, 0.1) is 6.54 Å². The van der Waals surface area contributed by atoms with E-state index in [9.17, 15) is 23.5 Å². The summed E-state index contributed by atoms with van der Waals surface area (Å²) in [5, 5.41) is 9.18. The van der Waals surface area contributed by atoms with Crippen LogP contribution in [0.5, 0.6) is 0 Å². The fourth-order valence-electron chi connectivity index (χ4n) is 4.14. The molecule has 2 aliphatic rings. The van der Waals surface area contributed by atoms with Crippen LogP contribution in [0.4, 0.5) is 13.6 Å². The standard InChI is InChI=1S/C22H21F2NO4/c1-21(19(26)27)10-11-25(13-22(21,23)24)20(28)29-12-18-16-8-4-2-6-14(16)15-7-3-5-9-17(15)18/h2-9,18H,10-13H2,1H3,(H,26,27). The van der Waals surface area contributed by atoms with Crippen LogP contribution in [0.1, 0.15) is 30.4 Å². The Bertz CT molecular complexity index is 931. The van der Waals surface area contributed by atoms with Crippen molar-refractivity contribution in [2.75, 3.05) is 19.7 Å². The number of hydrogen-bond donors (Lipinski definition) is 1. The molecule has 1 saturated heterocycles. The zero-order chi connectivity index (χ0) is 20.8. The molecular weight excluding hydrogens is 380 g/mol. The molecule has 4 rings (SSSR count). The highest BCUT2D eigenvalue weighted by molar-refractivity contribution is 5.79. The van der Waals surface area contributed by atoms with Crippen molar-refractivity contribution >= 4 is 12.1 Å². The van der Waals surface area contributed by atoms with Gasteiger partial charge in [0.1, 0.15) is 12.0 Å². The van der Waals surface area contributed by atoms with Gasteiger partial charge in [-0.25, -0.2) is 13.6 Å². The highest BCUT2D eigenvalue weighted by Crippen LogP contribution is 2.46. The first-order chi connectivity index (χ1) is 13.7. The lowest BCUT2D eigenvalue weighted by Crippen LogP contribution is -2.59. The maximum atomic E-state index is 14.4. The molecule has 0 radical (unpaired) electrons. The normalized spacial score (nSPS) is 22.7. The molecule has 29 heavy (non-hydrogen) atoms. The Morgan fingerprint density at radius 3 is 2.17 bits per heavy atom. The van der Waals surface area contributed by atoms with Gasteiger partial charge in [0.25, 0.3) is 5.92 Å². The van der Waals surface area contributed by atoms with Crippen molar-refractivity contribution in [2.45, 2.75) is 25.2 Å². The number of nitrogens with zero attached hydrogens (tertiary/aromatic N) is 1. The summed E-state index contributed by atoms with van der Waals surface area (Å²) in [4.78, 5) is 24.7. The van der Waals surface area contributed by atoms with Crippen LogP contribution in [0.25, 0.3) is 11.1 Å². The van der Waals surface area contributed by atoms with E-state index in [2.05, 4.69) is 0 Å². The second kappa shape index (κ2) is 6.83. The van der Waals surface area contributed by atoms with E-state index < -0.39 is 29.9 Å². The Kier molecular flexibility index (Phi) is 4.56. The summed E-state index contributed by atoms with van der Waals surface area (Å²) in [5.41, 5.74) is 2.03. The van der Waals surface area contributed by atoms with Gasteiger partial charge in [-0.1, -0.05) is 48.5 Å². The molecule has 2 aromatic carbocycles. The number of carbonyl (C=O) groups excluding carboxylic acids is 1. The highest BCUT2D eigenvalue weighted by Gasteiger charge is 2.59. The number of amides is 1. The minimum Gasteiger partial charge on any atom is -0.481 e. The number of carboxylic acid groups (broad SMARTS) is 1. The van der Waals surface area contributed by atoms with E-state index in [1.165, 1.54) is 0 Å². The molecule has 5 nitrogen and oxygen atoms in total. The van der Waals surface area contributed by atoms with Gasteiger partial charge >= 0.3 is 12.1 Å². The lowest BCUT2D eigenvalue weighted by atomic mass is 9.77. The Morgan fingerprint density at radius 2 is 1.66 bits per heavy atom. The number of fused-ring (bicyclic) bond motifs is 3. The number of likely N-dealkylation sites (tertiary alicyclic amines) is 1. The predicted octanol–water partition coefficient (Wildman–Crippen LogP) is 4.37. The van der Waals surface area contributed by atoms with Crippen LogP contribution in [-0.4, -0.2) is 47.7 Å². The van der Waals surface area contributed by atoms with Crippen molar-refractivity contribution in [3.05, 3.63) is 59.7 Å². The molecule has 0 aromatic heterocycles. The molecule has 1 heterocycles. The third kappa shape index (κ3) is 3.05. The van der Waals surface area contributed by atoms with Crippen molar-refractivity contribution in [1.82, 2.24) is 4.90 Å². The minimum absolute atomic E-state index is 0.0329. The van der Waals surface area contributed by atoms with Crippen LogP contribution < -0.4 is 0 Å². The summed E-state index contributed by atoms with van der Waals surface area (Å²) in [6.07, 6.45) is -1.18. The van der Waals surface area contributed by atoms with E-state index in [4.69, 9.17) is 4.74 Å². The maximum absolute atomic E-state index is 14.4. The third-order valence-corrected chi connectivity index (χ3v) is 6.14. The van der Waals surface area contributed by atoms with Crippen LogP contribution in [0.2, 0.25) is 0 Å². The molecule has 1 unspecified atom stereocenters. The Labute approximate surface area is 166 Å². The first kappa shape index (κ1) is 19.4.